The summed E-state index contributed by atoms with van der Waals surface area (Å²) in [7, 11) is 2.34. The molecule has 2 aromatic rings. The Labute approximate surface area is 136 Å². The number of amides is 1. The minimum absolute atomic E-state index is 0.0750. The molecule has 0 saturated heterocycles. The average molecular weight is 340 g/mol. The lowest BCUT2D eigenvalue weighted by atomic mass is 10.2. The lowest BCUT2D eigenvalue weighted by Crippen LogP contribution is -2.43. The second-order valence-corrected chi connectivity index (χ2v) is 5.01. The highest BCUT2D eigenvalue weighted by Gasteiger charge is 2.26. The normalized spacial score (nSPS) is 11.8. The molecular formula is C14H14ClN3O5. The molecule has 8 nitrogen and oxygen atoms in total. The van der Waals surface area contributed by atoms with Crippen LogP contribution in [0.15, 0.2) is 24.4 Å². The molecule has 2 aromatic heterocycles. The standard InChI is InChI=1S/C14H14ClN3O5/c1-22-12(19)7-11(14(21)23-2)16-13(20)10-6-9-5-8(15)3-4-18(9)17-10/h3-6,11H,7H2,1-2H3,(H,16,20)/t11-/m1/s1. The number of nitrogens with one attached hydrogen (secondary N) is 1. The van der Waals surface area contributed by atoms with Gasteiger partial charge in [0.15, 0.2) is 5.69 Å². The first-order valence-electron chi connectivity index (χ1n) is 6.55. The number of carbonyl (C=O) groups excluding carboxylic acids is 3. The summed E-state index contributed by atoms with van der Waals surface area (Å²) in [5.41, 5.74) is 0.691. The van der Waals surface area contributed by atoms with Crippen LogP contribution in [0.1, 0.15) is 16.9 Å². The van der Waals surface area contributed by atoms with Crippen molar-refractivity contribution in [1.82, 2.24) is 14.9 Å². The third-order valence-corrected chi connectivity index (χ3v) is 3.28. The minimum atomic E-state index is -1.16. The molecule has 122 valence electrons. The zero-order valence-electron chi connectivity index (χ0n) is 12.4. The van der Waals surface area contributed by atoms with E-state index in [9.17, 15) is 14.4 Å². The molecule has 0 spiro atoms. The van der Waals surface area contributed by atoms with E-state index in [0.717, 1.165) is 7.11 Å². The molecule has 2 heterocycles. The number of methoxy groups -OCH3 is 2. The quantitative estimate of drug-likeness (QED) is 0.810. The fourth-order valence-electron chi connectivity index (χ4n) is 1.90. The summed E-state index contributed by atoms with van der Waals surface area (Å²) in [6.45, 7) is 0. The maximum atomic E-state index is 12.2. The summed E-state index contributed by atoms with van der Waals surface area (Å²) in [6.07, 6.45) is 1.26. The van der Waals surface area contributed by atoms with Crippen LogP contribution in [-0.4, -0.2) is 47.7 Å². The van der Waals surface area contributed by atoms with Gasteiger partial charge < -0.3 is 14.8 Å². The van der Waals surface area contributed by atoms with E-state index in [-0.39, 0.29) is 12.1 Å². The smallest absolute Gasteiger partial charge is 0.328 e. The zero-order valence-corrected chi connectivity index (χ0v) is 13.2. The predicted molar refractivity (Wildman–Crippen MR) is 80.1 cm³/mol. The SMILES string of the molecule is COC(=O)C[C@@H](NC(=O)c1cc2cc(Cl)ccn2n1)C(=O)OC. The predicted octanol–water partition coefficient (Wildman–Crippen LogP) is 0.822. The molecule has 1 N–H and O–H groups in total. The van der Waals surface area contributed by atoms with Crippen LogP contribution in [0.25, 0.3) is 5.52 Å². The molecule has 0 fully saturated rings. The Morgan fingerprint density at radius 3 is 2.70 bits per heavy atom. The fourth-order valence-corrected chi connectivity index (χ4v) is 2.06. The molecule has 0 bridgehead atoms. The molecule has 0 saturated carbocycles. The molecule has 1 atom stereocenters. The molecule has 0 unspecified atom stereocenters. The number of esters is 2. The van der Waals surface area contributed by atoms with Crippen LogP contribution < -0.4 is 5.32 Å². The first-order chi connectivity index (χ1) is 10.9. The van der Waals surface area contributed by atoms with E-state index in [1.807, 2.05) is 0 Å². The number of ether oxygens (including phenoxy) is 2. The van der Waals surface area contributed by atoms with Crippen LogP contribution in [0.3, 0.4) is 0 Å². The highest BCUT2D eigenvalue weighted by Crippen LogP contribution is 2.13. The number of nitrogens with zero attached hydrogens (tertiary/aromatic N) is 2. The van der Waals surface area contributed by atoms with Crippen LogP contribution in [-0.2, 0) is 19.1 Å². The second kappa shape index (κ2) is 7.10. The molecule has 0 aliphatic heterocycles. The van der Waals surface area contributed by atoms with Crippen molar-refractivity contribution in [2.45, 2.75) is 12.5 Å². The Kier molecular flexibility index (Phi) is 5.17. The third-order valence-electron chi connectivity index (χ3n) is 3.05. The van der Waals surface area contributed by atoms with Crippen molar-refractivity contribution in [3.8, 4) is 0 Å². The fraction of sp³-hybridized carbons (Fsp3) is 0.286. The molecule has 2 rings (SSSR count). The molecule has 0 radical (unpaired) electrons. The first kappa shape index (κ1) is 16.8. The number of rotatable bonds is 5. The van der Waals surface area contributed by atoms with Gasteiger partial charge in [0.1, 0.15) is 6.04 Å². The van der Waals surface area contributed by atoms with Crippen molar-refractivity contribution in [3.05, 3.63) is 35.1 Å². The van der Waals surface area contributed by atoms with Crippen molar-refractivity contribution in [3.63, 3.8) is 0 Å². The Morgan fingerprint density at radius 1 is 1.30 bits per heavy atom. The van der Waals surface area contributed by atoms with E-state index < -0.39 is 23.9 Å². The van der Waals surface area contributed by atoms with Crippen LogP contribution in [0.4, 0.5) is 0 Å². The van der Waals surface area contributed by atoms with Gasteiger partial charge in [0.05, 0.1) is 26.2 Å². The van der Waals surface area contributed by atoms with Gasteiger partial charge in [-0.3, -0.25) is 9.59 Å². The van der Waals surface area contributed by atoms with Crippen LogP contribution in [0.2, 0.25) is 5.02 Å². The summed E-state index contributed by atoms with van der Waals surface area (Å²) < 4.78 is 10.5. The summed E-state index contributed by atoms with van der Waals surface area (Å²) in [5, 5.41) is 6.97. The highest BCUT2D eigenvalue weighted by molar-refractivity contribution is 6.30. The largest absolute Gasteiger partial charge is 0.469 e. The van der Waals surface area contributed by atoms with Crippen molar-refractivity contribution in [2.75, 3.05) is 14.2 Å². The number of hydrogen-bond donors (Lipinski definition) is 1. The monoisotopic (exact) mass is 339 g/mol. The Hall–Kier alpha value is -2.61. The molecule has 1 amide bonds. The molecule has 0 aliphatic carbocycles. The summed E-state index contributed by atoms with van der Waals surface area (Å²) >= 11 is 5.87. The zero-order chi connectivity index (χ0) is 17.0. The number of pyridine rings is 1. The van der Waals surface area contributed by atoms with Gasteiger partial charge in [0.25, 0.3) is 5.91 Å². The lowest BCUT2D eigenvalue weighted by molar-refractivity contribution is -0.149. The second-order valence-electron chi connectivity index (χ2n) is 4.57. The van der Waals surface area contributed by atoms with E-state index in [2.05, 4.69) is 19.9 Å². The number of hydrogen-bond acceptors (Lipinski definition) is 6. The van der Waals surface area contributed by atoms with Crippen molar-refractivity contribution in [1.29, 1.82) is 0 Å². The molecule has 23 heavy (non-hydrogen) atoms. The summed E-state index contributed by atoms with van der Waals surface area (Å²) in [4.78, 5) is 35.2. The summed E-state index contributed by atoms with van der Waals surface area (Å²) in [6, 6.07) is 3.61. The van der Waals surface area contributed by atoms with Gasteiger partial charge >= 0.3 is 11.9 Å². The molecule has 0 aliphatic rings. The van der Waals surface area contributed by atoms with Gasteiger partial charge in [0, 0.05) is 11.2 Å². The number of carbonyl (C=O) groups is 3. The number of aromatic nitrogens is 2. The van der Waals surface area contributed by atoms with Gasteiger partial charge in [-0.15, -0.1) is 0 Å². The Morgan fingerprint density at radius 2 is 2.04 bits per heavy atom. The Bertz CT molecular complexity index is 758. The van der Waals surface area contributed by atoms with E-state index in [0.29, 0.717) is 10.5 Å². The van der Waals surface area contributed by atoms with Crippen LogP contribution in [0.5, 0.6) is 0 Å². The number of halogens is 1. The first-order valence-corrected chi connectivity index (χ1v) is 6.93. The minimum Gasteiger partial charge on any atom is -0.469 e. The highest BCUT2D eigenvalue weighted by atomic mass is 35.5. The van der Waals surface area contributed by atoms with Gasteiger partial charge in [-0.05, 0) is 18.2 Å². The van der Waals surface area contributed by atoms with Crippen molar-refractivity contribution >= 4 is 35.0 Å². The number of fused-ring (bicyclic) bond motifs is 1. The van der Waals surface area contributed by atoms with Crippen molar-refractivity contribution in [2.24, 2.45) is 0 Å². The van der Waals surface area contributed by atoms with E-state index in [1.54, 1.807) is 18.3 Å². The van der Waals surface area contributed by atoms with E-state index in [4.69, 9.17) is 11.6 Å². The van der Waals surface area contributed by atoms with Gasteiger partial charge in [-0.25, -0.2) is 9.31 Å². The third kappa shape index (κ3) is 3.98. The molecule has 9 heteroatoms. The maximum Gasteiger partial charge on any atom is 0.328 e. The Balaban J connectivity index is 2.18. The van der Waals surface area contributed by atoms with Crippen molar-refractivity contribution < 1.29 is 23.9 Å². The summed E-state index contributed by atoms with van der Waals surface area (Å²) in [5.74, 6) is -2.03. The average Bonchev–Trinajstić information content (AvgIpc) is 2.96. The van der Waals surface area contributed by atoms with E-state index >= 15 is 0 Å². The van der Waals surface area contributed by atoms with Gasteiger partial charge in [0.2, 0.25) is 0 Å². The topological polar surface area (TPSA) is 99.0 Å². The lowest BCUT2D eigenvalue weighted by Gasteiger charge is -2.14. The van der Waals surface area contributed by atoms with Gasteiger partial charge in [-0.1, -0.05) is 11.6 Å². The molecular weight excluding hydrogens is 326 g/mol. The van der Waals surface area contributed by atoms with E-state index in [1.165, 1.54) is 17.7 Å². The van der Waals surface area contributed by atoms with Gasteiger partial charge in [-0.2, -0.15) is 5.10 Å². The molecule has 0 aromatic carbocycles. The maximum absolute atomic E-state index is 12.2. The van der Waals surface area contributed by atoms with Crippen LogP contribution >= 0.6 is 11.6 Å². The van der Waals surface area contributed by atoms with Crippen LogP contribution in [0, 0.1) is 0 Å².